The molecule has 3 rings (SSSR count). The van der Waals surface area contributed by atoms with E-state index in [4.69, 9.17) is 4.74 Å². The molecule has 0 aromatic heterocycles. The third-order valence-electron chi connectivity index (χ3n) is 7.10. The van der Waals surface area contributed by atoms with Gasteiger partial charge in [0.15, 0.2) is 0 Å². The molecule has 0 spiro atoms. The first kappa shape index (κ1) is 21.2. The molecule has 0 aliphatic carbocycles. The molecule has 0 radical (unpaired) electrons. The lowest BCUT2D eigenvalue weighted by molar-refractivity contribution is 0.0554. The smallest absolute Gasteiger partial charge is 0.123 e. The Morgan fingerprint density at radius 2 is 1.67 bits per heavy atom. The molecule has 1 saturated heterocycles. The van der Waals surface area contributed by atoms with E-state index in [1.54, 1.807) is 0 Å². The van der Waals surface area contributed by atoms with Gasteiger partial charge in [0.05, 0.1) is 0 Å². The van der Waals surface area contributed by atoms with Crippen molar-refractivity contribution in [2.75, 3.05) is 0 Å². The van der Waals surface area contributed by atoms with E-state index in [0.29, 0.717) is 5.92 Å². The molecule has 0 amide bonds. The summed E-state index contributed by atoms with van der Waals surface area (Å²) in [7, 11) is 0. The Bertz CT molecular complexity index is 704. The number of rotatable bonds is 1. The lowest BCUT2D eigenvalue weighted by Gasteiger charge is -2.48. The molecule has 2 aliphatic rings. The van der Waals surface area contributed by atoms with Gasteiger partial charge in [0.2, 0.25) is 0 Å². The average Bonchev–Trinajstić information content (AvgIpc) is 2.85. The number of benzene rings is 1. The highest BCUT2D eigenvalue weighted by atomic mass is 79.9. The van der Waals surface area contributed by atoms with Gasteiger partial charge in [0.1, 0.15) is 11.9 Å². The Balaban J connectivity index is 1.92. The molecule has 0 saturated carbocycles. The fraction of sp³-hybridized carbons (Fsp3) is 0.750. The van der Waals surface area contributed by atoms with Crippen LogP contribution in [0.1, 0.15) is 80.2 Å². The second-order valence-corrected chi connectivity index (χ2v) is 12.6. The first-order valence-electron chi connectivity index (χ1n) is 10.4. The standard InChI is InChI=1S/C24H38BrNO/c1-21(2)13-17(20-12-16-11-18(25)9-10-19(16)27-20)14-22(3,4)24(7,8)26-23(5,6)15-21/h9-11,17,20,26H,12-15H2,1-8H3. The number of hydrogen-bond acceptors (Lipinski definition) is 2. The monoisotopic (exact) mass is 435 g/mol. The summed E-state index contributed by atoms with van der Waals surface area (Å²) in [5.74, 6) is 1.63. The van der Waals surface area contributed by atoms with Crippen molar-refractivity contribution in [3.8, 4) is 5.75 Å². The quantitative estimate of drug-likeness (QED) is 0.526. The van der Waals surface area contributed by atoms with Crippen LogP contribution in [0.3, 0.4) is 0 Å². The average molecular weight is 436 g/mol. The van der Waals surface area contributed by atoms with E-state index in [1.807, 2.05) is 0 Å². The van der Waals surface area contributed by atoms with Crippen LogP contribution in [0.2, 0.25) is 0 Å². The summed E-state index contributed by atoms with van der Waals surface area (Å²) >= 11 is 3.61. The number of nitrogens with one attached hydrogen (secondary N) is 1. The molecule has 152 valence electrons. The van der Waals surface area contributed by atoms with Crippen molar-refractivity contribution < 1.29 is 4.74 Å². The van der Waals surface area contributed by atoms with Gasteiger partial charge in [-0.05, 0) is 87.5 Å². The summed E-state index contributed by atoms with van der Waals surface area (Å²) in [5.41, 5.74) is 1.97. The van der Waals surface area contributed by atoms with Gasteiger partial charge < -0.3 is 10.1 Å². The Morgan fingerprint density at radius 3 is 2.33 bits per heavy atom. The van der Waals surface area contributed by atoms with E-state index in [1.165, 1.54) is 24.8 Å². The third kappa shape index (κ3) is 4.56. The van der Waals surface area contributed by atoms with Crippen molar-refractivity contribution in [2.45, 2.75) is 98.3 Å². The first-order chi connectivity index (χ1) is 12.2. The molecule has 27 heavy (non-hydrogen) atoms. The SMILES string of the molecule is CC1(C)CC(C2Cc3cc(Br)ccc3O2)CC(C)(C)C(C)(C)NC(C)(C)C1. The number of ether oxygens (including phenoxy) is 1. The van der Waals surface area contributed by atoms with E-state index in [-0.39, 0.29) is 28.0 Å². The minimum atomic E-state index is 0.0592. The molecule has 2 nitrogen and oxygen atoms in total. The van der Waals surface area contributed by atoms with Crippen LogP contribution in [0, 0.1) is 16.7 Å². The van der Waals surface area contributed by atoms with Crippen LogP contribution in [-0.2, 0) is 6.42 Å². The van der Waals surface area contributed by atoms with Crippen molar-refractivity contribution >= 4 is 15.9 Å². The molecule has 2 aliphatic heterocycles. The van der Waals surface area contributed by atoms with Gasteiger partial charge in [0.25, 0.3) is 0 Å². The Hall–Kier alpha value is -0.540. The first-order valence-corrected chi connectivity index (χ1v) is 11.2. The molecule has 1 aromatic carbocycles. The largest absolute Gasteiger partial charge is 0.490 e. The lowest BCUT2D eigenvalue weighted by Crippen LogP contribution is -2.59. The maximum atomic E-state index is 6.50. The van der Waals surface area contributed by atoms with Crippen LogP contribution in [-0.4, -0.2) is 17.2 Å². The maximum absolute atomic E-state index is 6.50. The van der Waals surface area contributed by atoms with Crippen LogP contribution >= 0.6 is 15.9 Å². The molecular formula is C24H38BrNO. The molecule has 2 heterocycles. The van der Waals surface area contributed by atoms with Crippen LogP contribution in [0.4, 0.5) is 0 Å². The van der Waals surface area contributed by atoms with Gasteiger partial charge in [-0.15, -0.1) is 0 Å². The molecule has 0 bridgehead atoms. The van der Waals surface area contributed by atoms with Crippen molar-refractivity contribution in [1.29, 1.82) is 0 Å². The van der Waals surface area contributed by atoms with Gasteiger partial charge in [-0.25, -0.2) is 0 Å². The second-order valence-electron chi connectivity index (χ2n) is 11.6. The second kappa shape index (κ2) is 6.76. The van der Waals surface area contributed by atoms with Gasteiger partial charge in [-0.3, -0.25) is 0 Å². The van der Waals surface area contributed by atoms with Gasteiger partial charge >= 0.3 is 0 Å². The topological polar surface area (TPSA) is 21.3 Å². The predicted octanol–water partition coefficient (Wildman–Crippen LogP) is 6.75. The fourth-order valence-corrected chi connectivity index (χ4v) is 6.20. The zero-order valence-corrected chi connectivity index (χ0v) is 20.1. The Labute approximate surface area is 175 Å². The van der Waals surface area contributed by atoms with E-state index in [2.05, 4.69) is 94.8 Å². The molecule has 1 fully saturated rings. The minimum absolute atomic E-state index is 0.0592. The summed E-state index contributed by atoms with van der Waals surface area (Å²) in [6, 6.07) is 6.45. The van der Waals surface area contributed by atoms with Gasteiger partial charge in [0, 0.05) is 22.0 Å². The van der Waals surface area contributed by atoms with Crippen LogP contribution in [0.25, 0.3) is 0 Å². The summed E-state index contributed by atoms with van der Waals surface area (Å²) < 4.78 is 7.65. The molecular weight excluding hydrogens is 398 g/mol. The summed E-state index contributed by atoms with van der Waals surface area (Å²) in [5, 5.41) is 4.01. The highest BCUT2D eigenvalue weighted by molar-refractivity contribution is 9.10. The van der Waals surface area contributed by atoms with Crippen LogP contribution in [0.5, 0.6) is 5.75 Å². The molecule has 3 heteroatoms. The van der Waals surface area contributed by atoms with Gasteiger partial charge in [-0.2, -0.15) is 0 Å². The number of fused-ring (bicyclic) bond motifs is 1. The molecule has 2 atom stereocenters. The van der Waals surface area contributed by atoms with Crippen LogP contribution < -0.4 is 10.1 Å². The van der Waals surface area contributed by atoms with Crippen molar-refractivity contribution in [1.82, 2.24) is 5.32 Å². The third-order valence-corrected chi connectivity index (χ3v) is 7.59. The minimum Gasteiger partial charge on any atom is -0.490 e. The highest BCUT2D eigenvalue weighted by Crippen LogP contribution is 2.48. The Kier molecular flexibility index (Phi) is 5.30. The fourth-order valence-electron chi connectivity index (χ4n) is 5.79. The zero-order chi connectivity index (χ0) is 20.3. The van der Waals surface area contributed by atoms with E-state index in [0.717, 1.165) is 16.6 Å². The van der Waals surface area contributed by atoms with E-state index in [9.17, 15) is 0 Å². The highest BCUT2D eigenvalue weighted by Gasteiger charge is 2.47. The number of halogens is 1. The summed E-state index contributed by atoms with van der Waals surface area (Å²) in [6.45, 7) is 19.2. The molecule has 2 unspecified atom stereocenters. The molecule has 1 aromatic rings. The Morgan fingerprint density at radius 1 is 1.00 bits per heavy atom. The maximum Gasteiger partial charge on any atom is 0.123 e. The van der Waals surface area contributed by atoms with Crippen molar-refractivity contribution in [3.05, 3.63) is 28.2 Å². The molecule has 1 N–H and O–H groups in total. The van der Waals surface area contributed by atoms with Gasteiger partial charge in [-0.1, -0.05) is 43.6 Å². The predicted molar refractivity (Wildman–Crippen MR) is 118 cm³/mol. The number of hydrogen-bond donors (Lipinski definition) is 1. The lowest BCUT2D eigenvalue weighted by atomic mass is 9.66. The normalized spacial score (nSPS) is 31.1. The van der Waals surface area contributed by atoms with Crippen molar-refractivity contribution in [2.24, 2.45) is 16.7 Å². The van der Waals surface area contributed by atoms with Crippen molar-refractivity contribution in [3.63, 3.8) is 0 Å². The van der Waals surface area contributed by atoms with Crippen LogP contribution in [0.15, 0.2) is 22.7 Å². The summed E-state index contributed by atoms with van der Waals surface area (Å²) in [6.07, 6.45) is 4.86. The van der Waals surface area contributed by atoms with E-state index >= 15 is 0 Å². The van der Waals surface area contributed by atoms with E-state index < -0.39 is 0 Å². The summed E-state index contributed by atoms with van der Waals surface area (Å²) in [4.78, 5) is 0. The zero-order valence-electron chi connectivity index (χ0n) is 18.5.